The van der Waals surface area contributed by atoms with E-state index in [-0.39, 0.29) is 6.04 Å². The number of nitrogens with zero attached hydrogens (tertiary/aromatic N) is 3. The number of hydrogen-bond acceptors (Lipinski definition) is 5. The first-order valence-electron chi connectivity index (χ1n) is 12.3. The van der Waals surface area contributed by atoms with Gasteiger partial charge in [-0.15, -0.1) is 0 Å². The quantitative estimate of drug-likeness (QED) is 0.303. The summed E-state index contributed by atoms with van der Waals surface area (Å²) >= 11 is 0. The van der Waals surface area contributed by atoms with Gasteiger partial charge in [0.2, 0.25) is 0 Å². The van der Waals surface area contributed by atoms with Crippen molar-refractivity contribution in [1.82, 2.24) is 14.5 Å². The molecule has 1 fully saturated rings. The molecule has 3 aromatic carbocycles. The summed E-state index contributed by atoms with van der Waals surface area (Å²) in [6.45, 7) is 0. The monoisotopic (exact) mass is 476 g/mol. The van der Waals surface area contributed by atoms with Crippen molar-refractivity contribution in [2.75, 3.05) is 5.73 Å². The van der Waals surface area contributed by atoms with E-state index in [1.165, 1.54) is 6.33 Å². The van der Waals surface area contributed by atoms with Crippen LogP contribution in [0.3, 0.4) is 0 Å². The molecule has 6 heteroatoms. The molecule has 1 saturated carbocycles. The fourth-order valence-electron chi connectivity index (χ4n) is 5.33. The maximum atomic E-state index is 11.3. The Morgan fingerprint density at radius 3 is 2.17 bits per heavy atom. The summed E-state index contributed by atoms with van der Waals surface area (Å²) in [7, 11) is 0. The molecule has 6 nitrogen and oxygen atoms in total. The van der Waals surface area contributed by atoms with Crippen molar-refractivity contribution < 1.29 is 9.84 Å². The predicted octanol–water partition coefficient (Wildman–Crippen LogP) is 6.48. The Labute approximate surface area is 210 Å². The highest BCUT2D eigenvalue weighted by molar-refractivity contribution is 6.00. The van der Waals surface area contributed by atoms with Crippen molar-refractivity contribution in [2.24, 2.45) is 0 Å². The molecule has 0 radical (unpaired) electrons. The van der Waals surface area contributed by atoms with E-state index in [0.717, 1.165) is 52.1 Å². The third-order valence-electron chi connectivity index (χ3n) is 7.27. The Bertz CT molecular complexity index is 1470. The van der Waals surface area contributed by atoms with Crippen LogP contribution in [0.4, 0.5) is 5.82 Å². The largest absolute Gasteiger partial charge is 0.457 e. The summed E-state index contributed by atoms with van der Waals surface area (Å²) in [5.74, 6) is 2.03. The second kappa shape index (κ2) is 9.13. The summed E-state index contributed by atoms with van der Waals surface area (Å²) < 4.78 is 8.18. The first-order valence-corrected chi connectivity index (χ1v) is 12.3. The Balaban J connectivity index is 1.30. The number of fused-ring (bicyclic) bond motifs is 1. The number of hydrogen-bond donors (Lipinski definition) is 2. The minimum absolute atomic E-state index is 0.222. The van der Waals surface area contributed by atoms with E-state index in [2.05, 4.69) is 20.7 Å². The Morgan fingerprint density at radius 2 is 1.47 bits per heavy atom. The third kappa shape index (κ3) is 4.10. The lowest BCUT2D eigenvalue weighted by Crippen LogP contribution is -2.32. The number of benzene rings is 3. The van der Waals surface area contributed by atoms with Gasteiger partial charge in [-0.3, -0.25) is 0 Å². The normalized spacial score (nSPS) is 19.9. The van der Waals surface area contributed by atoms with E-state index in [9.17, 15) is 5.11 Å². The summed E-state index contributed by atoms with van der Waals surface area (Å²) in [4.78, 5) is 8.89. The molecule has 0 saturated heterocycles. The van der Waals surface area contributed by atoms with Crippen molar-refractivity contribution >= 4 is 16.9 Å². The topological polar surface area (TPSA) is 86.2 Å². The number of aromatic nitrogens is 3. The molecule has 0 amide bonds. The number of ether oxygens (including phenoxy) is 1. The van der Waals surface area contributed by atoms with Crippen LogP contribution in [0.5, 0.6) is 11.5 Å². The standard InChI is InChI=1S/C30H28N4O2/c31-28-27-26(21-11-13-25(14-12-21)36-24-9-5-2-6-10-24)19-34(29(27)33-20-32-28)23-15-17-30(35,18-16-23)22-7-3-1-4-8-22/h1-14,19-20,23,35H,15-18H2,(H2,31,32,33). The van der Waals surface area contributed by atoms with Crippen LogP contribution in [0.15, 0.2) is 97.5 Å². The molecule has 0 unspecified atom stereocenters. The highest BCUT2D eigenvalue weighted by Gasteiger charge is 2.36. The van der Waals surface area contributed by atoms with Crippen LogP contribution in [0.1, 0.15) is 37.3 Å². The molecule has 5 aromatic rings. The van der Waals surface area contributed by atoms with Crippen LogP contribution < -0.4 is 10.5 Å². The SMILES string of the molecule is Nc1ncnc2c1c(-c1ccc(Oc3ccccc3)cc1)cn2C1CCC(O)(c2ccccc2)CC1. The Morgan fingerprint density at radius 1 is 0.833 bits per heavy atom. The maximum absolute atomic E-state index is 11.3. The lowest BCUT2D eigenvalue weighted by atomic mass is 9.77. The molecular weight excluding hydrogens is 448 g/mol. The number of rotatable bonds is 5. The van der Waals surface area contributed by atoms with Gasteiger partial charge >= 0.3 is 0 Å². The molecule has 0 atom stereocenters. The van der Waals surface area contributed by atoms with E-state index in [1.54, 1.807) is 0 Å². The van der Waals surface area contributed by atoms with Gasteiger partial charge in [0.25, 0.3) is 0 Å². The highest BCUT2D eigenvalue weighted by Crippen LogP contribution is 2.44. The molecule has 0 spiro atoms. The van der Waals surface area contributed by atoms with Gasteiger partial charge in [0.05, 0.1) is 11.0 Å². The van der Waals surface area contributed by atoms with Crippen LogP contribution in [0.2, 0.25) is 0 Å². The van der Waals surface area contributed by atoms with E-state index >= 15 is 0 Å². The van der Waals surface area contributed by atoms with E-state index < -0.39 is 5.60 Å². The number of nitrogens with two attached hydrogens (primary N) is 1. The molecule has 1 aliphatic rings. The van der Waals surface area contributed by atoms with Crippen LogP contribution in [-0.2, 0) is 5.60 Å². The summed E-state index contributed by atoms with van der Waals surface area (Å²) in [6, 6.07) is 28.0. The predicted molar refractivity (Wildman–Crippen MR) is 142 cm³/mol. The van der Waals surface area contributed by atoms with Crippen molar-refractivity contribution in [3.8, 4) is 22.6 Å². The van der Waals surface area contributed by atoms with Gasteiger partial charge in [0.15, 0.2) is 0 Å². The smallest absolute Gasteiger partial charge is 0.146 e. The minimum Gasteiger partial charge on any atom is -0.457 e. The maximum Gasteiger partial charge on any atom is 0.146 e. The zero-order chi connectivity index (χ0) is 24.5. The molecule has 2 aromatic heterocycles. The zero-order valence-corrected chi connectivity index (χ0v) is 19.9. The van der Waals surface area contributed by atoms with Crippen molar-refractivity contribution in [3.63, 3.8) is 0 Å². The summed E-state index contributed by atoms with van der Waals surface area (Å²) in [6.07, 6.45) is 6.76. The van der Waals surface area contributed by atoms with E-state index in [4.69, 9.17) is 10.5 Å². The van der Waals surface area contributed by atoms with E-state index in [1.807, 2.05) is 84.9 Å². The van der Waals surface area contributed by atoms with Gasteiger partial charge in [0.1, 0.15) is 29.3 Å². The van der Waals surface area contributed by atoms with Crippen molar-refractivity contribution in [1.29, 1.82) is 0 Å². The fraction of sp³-hybridized carbons (Fsp3) is 0.200. The van der Waals surface area contributed by atoms with Gasteiger partial charge in [-0.05, 0) is 61.1 Å². The molecule has 0 bridgehead atoms. The van der Waals surface area contributed by atoms with Crippen LogP contribution in [0, 0.1) is 0 Å². The lowest BCUT2D eigenvalue weighted by Gasteiger charge is -2.37. The second-order valence-corrected chi connectivity index (χ2v) is 9.48. The molecule has 6 rings (SSSR count). The molecule has 1 aliphatic carbocycles. The zero-order valence-electron chi connectivity index (χ0n) is 19.9. The van der Waals surface area contributed by atoms with Gasteiger partial charge in [-0.25, -0.2) is 9.97 Å². The first-order chi connectivity index (χ1) is 17.6. The number of nitrogen functional groups attached to an aromatic ring is 1. The van der Waals surface area contributed by atoms with Crippen molar-refractivity contribution in [3.05, 3.63) is 103 Å². The van der Waals surface area contributed by atoms with Gasteiger partial charge in [0, 0.05) is 17.8 Å². The van der Waals surface area contributed by atoms with Gasteiger partial charge < -0.3 is 20.1 Å². The lowest BCUT2D eigenvalue weighted by molar-refractivity contribution is -0.0119. The van der Waals surface area contributed by atoms with Crippen molar-refractivity contribution in [2.45, 2.75) is 37.3 Å². The highest BCUT2D eigenvalue weighted by atomic mass is 16.5. The van der Waals surface area contributed by atoms with Crippen LogP contribution >= 0.6 is 0 Å². The molecule has 36 heavy (non-hydrogen) atoms. The minimum atomic E-state index is -0.786. The molecule has 0 aliphatic heterocycles. The summed E-state index contributed by atoms with van der Waals surface area (Å²) in [5.41, 5.74) is 9.42. The van der Waals surface area contributed by atoms with Gasteiger partial charge in [-0.1, -0.05) is 60.7 Å². The fourth-order valence-corrected chi connectivity index (χ4v) is 5.33. The number of aliphatic hydroxyl groups is 1. The number of para-hydroxylation sites is 1. The molecule has 180 valence electrons. The van der Waals surface area contributed by atoms with E-state index in [0.29, 0.717) is 18.7 Å². The Hall–Kier alpha value is -4.16. The average molecular weight is 477 g/mol. The molecule has 3 N–H and O–H groups in total. The van der Waals surface area contributed by atoms with Crippen LogP contribution in [-0.4, -0.2) is 19.6 Å². The average Bonchev–Trinajstić information content (AvgIpc) is 3.32. The Kier molecular flexibility index (Phi) is 5.66. The summed E-state index contributed by atoms with van der Waals surface area (Å²) in [5, 5.41) is 12.2. The molecular formula is C30H28N4O2. The van der Waals surface area contributed by atoms with Gasteiger partial charge in [-0.2, -0.15) is 0 Å². The molecule has 2 heterocycles. The first kappa shape index (κ1) is 22.3. The van der Waals surface area contributed by atoms with Crippen LogP contribution in [0.25, 0.3) is 22.2 Å². The number of anilines is 1. The second-order valence-electron chi connectivity index (χ2n) is 9.48. The third-order valence-corrected chi connectivity index (χ3v) is 7.27.